The molecule has 2 aromatic carbocycles. The molecule has 0 saturated heterocycles. The summed E-state index contributed by atoms with van der Waals surface area (Å²) in [5, 5.41) is 0. The van der Waals surface area contributed by atoms with E-state index in [0.29, 0.717) is 0 Å². The van der Waals surface area contributed by atoms with Crippen molar-refractivity contribution in [2.75, 3.05) is 6.61 Å². The summed E-state index contributed by atoms with van der Waals surface area (Å²) in [5.41, 5.74) is 6.53. The Morgan fingerprint density at radius 3 is 2.85 bits per heavy atom. The number of hydrogen-bond donors (Lipinski definition) is 0. The van der Waals surface area contributed by atoms with E-state index < -0.39 is 0 Å². The van der Waals surface area contributed by atoms with Gasteiger partial charge in [0, 0.05) is 11.8 Å². The molecule has 0 amide bonds. The first-order chi connectivity index (χ1) is 12.8. The highest BCUT2D eigenvalue weighted by Crippen LogP contribution is 2.33. The minimum Gasteiger partial charge on any atom is -0.494 e. The van der Waals surface area contributed by atoms with Crippen LogP contribution in [-0.4, -0.2) is 16.0 Å². The van der Waals surface area contributed by atoms with Crippen LogP contribution < -0.4 is 4.74 Å². The normalized spacial score (nSPS) is 14.0. The summed E-state index contributed by atoms with van der Waals surface area (Å²) in [6.07, 6.45) is 8.25. The van der Waals surface area contributed by atoms with Crippen LogP contribution in [0.2, 0.25) is 0 Å². The van der Waals surface area contributed by atoms with Crippen molar-refractivity contribution >= 4 is 26.5 Å². The van der Waals surface area contributed by atoms with Gasteiger partial charge < -0.3 is 4.74 Å². The minimum absolute atomic E-state index is 0.760. The summed E-state index contributed by atoms with van der Waals surface area (Å²) in [6, 6.07) is 13.2. The van der Waals surface area contributed by atoms with Crippen LogP contribution in [0.15, 0.2) is 42.6 Å². The number of hydrogen-bond acceptors (Lipinski definition) is 3. The molecule has 0 radical (unpaired) electrons. The van der Waals surface area contributed by atoms with Gasteiger partial charge in [-0.1, -0.05) is 30.4 Å². The summed E-state index contributed by atoms with van der Waals surface area (Å²) in [7, 11) is 0. The van der Waals surface area contributed by atoms with Crippen LogP contribution >= 0.6 is 11.3 Å². The van der Waals surface area contributed by atoms with E-state index in [4.69, 9.17) is 9.72 Å². The predicted molar refractivity (Wildman–Crippen MR) is 108 cm³/mol. The summed E-state index contributed by atoms with van der Waals surface area (Å²) in [4.78, 5) is 5.94. The lowest BCUT2D eigenvalue weighted by atomic mass is 9.90. The molecule has 0 bridgehead atoms. The SMILES string of the molecule is CCCOc1ccc2c(c1)sc1nc(-c3ccc4c(c3)CCCC4)cn12. The van der Waals surface area contributed by atoms with Gasteiger partial charge in [0.15, 0.2) is 4.96 Å². The summed E-state index contributed by atoms with van der Waals surface area (Å²) in [5.74, 6) is 0.943. The molecule has 0 saturated carbocycles. The van der Waals surface area contributed by atoms with Crippen molar-refractivity contribution in [2.45, 2.75) is 39.0 Å². The van der Waals surface area contributed by atoms with Crippen molar-refractivity contribution < 1.29 is 4.74 Å². The second-order valence-electron chi connectivity index (χ2n) is 7.05. The van der Waals surface area contributed by atoms with Crippen LogP contribution in [0.1, 0.15) is 37.3 Å². The maximum absolute atomic E-state index is 5.76. The van der Waals surface area contributed by atoms with Crippen LogP contribution in [0, 0.1) is 0 Å². The molecule has 1 aliphatic carbocycles. The van der Waals surface area contributed by atoms with E-state index in [2.05, 4.69) is 53.9 Å². The molecule has 26 heavy (non-hydrogen) atoms. The number of nitrogens with zero attached hydrogens (tertiary/aromatic N) is 2. The molecule has 0 N–H and O–H groups in total. The summed E-state index contributed by atoms with van der Waals surface area (Å²) >= 11 is 1.73. The van der Waals surface area contributed by atoms with Gasteiger partial charge in [0.1, 0.15) is 5.75 Å². The molecule has 1 aliphatic rings. The molecule has 4 aromatic rings. The second-order valence-corrected chi connectivity index (χ2v) is 8.06. The molecule has 0 atom stereocenters. The number of fused-ring (bicyclic) bond motifs is 4. The fourth-order valence-electron chi connectivity index (χ4n) is 3.82. The van der Waals surface area contributed by atoms with E-state index in [-0.39, 0.29) is 0 Å². The molecule has 0 fully saturated rings. The largest absolute Gasteiger partial charge is 0.494 e. The second kappa shape index (κ2) is 6.44. The summed E-state index contributed by atoms with van der Waals surface area (Å²) < 4.78 is 9.19. The number of rotatable bonds is 4. The maximum atomic E-state index is 5.76. The van der Waals surface area contributed by atoms with Gasteiger partial charge >= 0.3 is 0 Å². The highest BCUT2D eigenvalue weighted by molar-refractivity contribution is 7.23. The summed E-state index contributed by atoms with van der Waals surface area (Å²) in [6.45, 7) is 2.89. The lowest BCUT2D eigenvalue weighted by molar-refractivity contribution is 0.318. The zero-order valence-corrected chi connectivity index (χ0v) is 15.8. The van der Waals surface area contributed by atoms with Crippen LogP contribution in [0.3, 0.4) is 0 Å². The minimum atomic E-state index is 0.760. The molecule has 132 valence electrons. The van der Waals surface area contributed by atoms with E-state index in [1.807, 2.05) is 0 Å². The fraction of sp³-hybridized carbons (Fsp3) is 0.318. The van der Waals surface area contributed by atoms with E-state index >= 15 is 0 Å². The smallest absolute Gasteiger partial charge is 0.195 e. The van der Waals surface area contributed by atoms with E-state index in [1.165, 1.54) is 52.6 Å². The first-order valence-electron chi connectivity index (χ1n) is 9.48. The third-order valence-electron chi connectivity index (χ3n) is 5.18. The third kappa shape index (κ3) is 2.69. The molecular formula is C22H22N2OS. The molecule has 5 rings (SSSR count). The quantitative estimate of drug-likeness (QED) is 0.453. The number of ether oxygens (including phenoxy) is 1. The first kappa shape index (κ1) is 15.9. The van der Waals surface area contributed by atoms with Crippen LogP contribution in [0.25, 0.3) is 26.4 Å². The van der Waals surface area contributed by atoms with Gasteiger partial charge in [-0.05, 0) is 67.5 Å². The Bertz CT molecular complexity index is 1090. The van der Waals surface area contributed by atoms with E-state index in [9.17, 15) is 0 Å². The van der Waals surface area contributed by atoms with Gasteiger partial charge in [-0.25, -0.2) is 4.98 Å². The Kier molecular flexibility index (Phi) is 3.93. The first-order valence-corrected chi connectivity index (χ1v) is 10.3. The van der Waals surface area contributed by atoms with Crippen LogP contribution in [0.5, 0.6) is 5.75 Å². The van der Waals surface area contributed by atoms with Gasteiger partial charge in [-0.15, -0.1) is 0 Å². The average molecular weight is 362 g/mol. The standard InChI is InChI=1S/C22H22N2OS/c1-2-11-25-18-9-10-20-21(13-18)26-22-23-19(14-24(20)22)17-8-7-15-5-3-4-6-16(15)12-17/h7-10,12-14H,2-6,11H2,1H3. The lowest BCUT2D eigenvalue weighted by Crippen LogP contribution is -2.02. The van der Waals surface area contributed by atoms with Gasteiger partial charge in [-0.3, -0.25) is 4.40 Å². The van der Waals surface area contributed by atoms with Crippen molar-refractivity contribution in [3.8, 4) is 17.0 Å². The number of aryl methyl sites for hydroxylation is 2. The van der Waals surface area contributed by atoms with Crippen molar-refractivity contribution in [3.63, 3.8) is 0 Å². The fourth-order valence-corrected chi connectivity index (χ4v) is 4.86. The highest BCUT2D eigenvalue weighted by atomic mass is 32.1. The van der Waals surface area contributed by atoms with Gasteiger partial charge in [-0.2, -0.15) is 0 Å². The van der Waals surface area contributed by atoms with Gasteiger partial charge in [0.2, 0.25) is 0 Å². The van der Waals surface area contributed by atoms with Crippen molar-refractivity contribution in [2.24, 2.45) is 0 Å². The Balaban J connectivity index is 1.54. The number of imidazole rings is 1. The Hall–Kier alpha value is -2.33. The molecule has 4 heteroatoms. The van der Waals surface area contributed by atoms with Crippen molar-refractivity contribution in [1.29, 1.82) is 0 Å². The topological polar surface area (TPSA) is 26.5 Å². The molecule has 3 nitrogen and oxygen atoms in total. The monoisotopic (exact) mass is 362 g/mol. The number of benzene rings is 2. The zero-order valence-electron chi connectivity index (χ0n) is 15.0. The molecule has 0 unspecified atom stereocenters. The molecule has 2 heterocycles. The Morgan fingerprint density at radius 2 is 1.96 bits per heavy atom. The van der Waals surface area contributed by atoms with Crippen molar-refractivity contribution in [1.82, 2.24) is 9.38 Å². The third-order valence-corrected chi connectivity index (χ3v) is 6.20. The van der Waals surface area contributed by atoms with Gasteiger partial charge in [0.25, 0.3) is 0 Å². The predicted octanol–water partition coefficient (Wildman–Crippen LogP) is 5.88. The zero-order chi connectivity index (χ0) is 17.5. The average Bonchev–Trinajstić information content (AvgIpc) is 3.23. The molecule has 0 aliphatic heterocycles. The van der Waals surface area contributed by atoms with Crippen LogP contribution in [0.4, 0.5) is 0 Å². The van der Waals surface area contributed by atoms with Crippen LogP contribution in [-0.2, 0) is 12.8 Å². The number of aromatic nitrogens is 2. The van der Waals surface area contributed by atoms with Crippen molar-refractivity contribution in [3.05, 3.63) is 53.7 Å². The Labute approximate surface area is 157 Å². The highest BCUT2D eigenvalue weighted by Gasteiger charge is 2.14. The van der Waals surface area contributed by atoms with E-state index in [0.717, 1.165) is 29.4 Å². The van der Waals surface area contributed by atoms with E-state index in [1.54, 1.807) is 11.3 Å². The Morgan fingerprint density at radius 1 is 1.08 bits per heavy atom. The molecular weight excluding hydrogens is 340 g/mol. The molecule has 0 spiro atoms. The maximum Gasteiger partial charge on any atom is 0.195 e. The number of thiazole rings is 1. The van der Waals surface area contributed by atoms with Gasteiger partial charge in [0.05, 0.1) is 22.5 Å². The molecule has 2 aromatic heterocycles. The lowest BCUT2D eigenvalue weighted by Gasteiger charge is -2.15.